The Hall–Kier alpha value is -3.98. The Kier molecular flexibility index (Phi) is 5.50. The van der Waals surface area contributed by atoms with E-state index in [1.165, 1.54) is 24.3 Å². The number of halogens is 1. The number of rotatable bonds is 6. The third kappa shape index (κ3) is 4.23. The number of hydrogen-bond acceptors (Lipinski definition) is 4. The molecule has 0 saturated carbocycles. The van der Waals surface area contributed by atoms with Crippen LogP contribution in [0.3, 0.4) is 0 Å². The smallest absolute Gasteiger partial charge is 0.296 e. The lowest BCUT2D eigenvalue weighted by Crippen LogP contribution is -2.23. The van der Waals surface area contributed by atoms with Crippen LogP contribution in [0.2, 0.25) is 0 Å². The van der Waals surface area contributed by atoms with Crippen LogP contribution in [0.5, 0.6) is 0 Å². The number of para-hydroxylation sites is 1. The maximum Gasteiger partial charge on any atom is 0.296 e. The molecule has 7 nitrogen and oxygen atoms in total. The zero-order valence-electron chi connectivity index (χ0n) is 16.8. The van der Waals surface area contributed by atoms with Crippen molar-refractivity contribution >= 4 is 44.0 Å². The number of fused-ring (bicyclic) bond motifs is 1. The van der Waals surface area contributed by atoms with Crippen molar-refractivity contribution in [2.24, 2.45) is 0 Å². The molecule has 4 rings (SSSR count). The van der Waals surface area contributed by atoms with Gasteiger partial charge in [0.1, 0.15) is 5.82 Å². The Morgan fingerprint density at radius 1 is 0.875 bits per heavy atom. The molecule has 0 saturated heterocycles. The van der Waals surface area contributed by atoms with Gasteiger partial charge >= 0.3 is 0 Å². The first kappa shape index (κ1) is 21.3. The number of nitrogens with one attached hydrogen (secondary N) is 3. The minimum absolute atomic E-state index is 0.0871. The predicted molar refractivity (Wildman–Crippen MR) is 120 cm³/mol. The minimum atomic E-state index is -3.90. The van der Waals surface area contributed by atoms with Gasteiger partial charge < -0.3 is 10.3 Å². The first-order chi connectivity index (χ1) is 15.2. The number of sulfonamides is 1. The first-order valence-corrected chi connectivity index (χ1v) is 11.0. The molecule has 0 unspecified atom stereocenters. The van der Waals surface area contributed by atoms with Gasteiger partial charge in [0.2, 0.25) is 0 Å². The molecule has 0 aliphatic carbocycles. The van der Waals surface area contributed by atoms with Crippen molar-refractivity contribution in [1.29, 1.82) is 0 Å². The number of amides is 1. The van der Waals surface area contributed by atoms with Crippen LogP contribution in [-0.2, 0) is 14.8 Å². The Morgan fingerprint density at radius 3 is 2.19 bits per heavy atom. The van der Waals surface area contributed by atoms with Crippen LogP contribution in [0.1, 0.15) is 16.1 Å². The number of benzene rings is 3. The predicted octanol–water partition coefficient (Wildman–Crippen LogP) is 4.24. The molecule has 0 aliphatic rings. The van der Waals surface area contributed by atoms with Crippen LogP contribution in [0.25, 0.3) is 10.9 Å². The number of aromatic nitrogens is 1. The Balaban J connectivity index is 1.47. The highest BCUT2D eigenvalue weighted by molar-refractivity contribution is 7.92. The van der Waals surface area contributed by atoms with Crippen LogP contribution in [0, 0.1) is 12.7 Å². The van der Waals surface area contributed by atoms with Crippen molar-refractivity contribution in [3.63, 3.8) is 0 Å². The summed E-state index contributed by atoms with van der Waals surface area (Å²) >= 11 is 0. The second-order valence-electron chi connectivity index (χ2n) is 7.09. The van der Waals surface area contributed by atoms with E-state index in [9.17, 15) is 22.4 Å². The fourth-order valence-electron chi connectivity index (χ4n) is 3.32. The van der Waals surface area contributed by atoms with E-state index in [1.807, 2.05) is 12.1 Å². The van der Waals surface area contributed by atoms with Crippen molar-refractivity contribution in [3.8, 4) is 0 Å². The molecule has 32 heavy (non-hydrogen) atoms. The lowest BCUT2D eigenvalue weighted by atomic mass is 10.1. The van der Waals surface area contributed by atoms with Crippen LogP contribution in [0.4, 0.5) is 15.8 Å². The molecule has 162 valence electrons. The largest absolute Gasteiger partial charge is 0.358 e. The van der Waals surface area contributed by atoms with Crippen molar-refractivity contribution in [1.82, 2.24) is 4.98 Å². The third-order valence-electron chi connectivity index (χ3n) is 4.85. The molecule has 0 aliphatic heterocycles. The number of anilines is 2. The van der Waals surface area contributed by atoms with E-state index in [2.05, 4.69) is 15.0 Å². The molecular formula is C23H18FN3O4S. The summed E-state index contributed by atoms with van der Waals surface area (Å²) in [5, 5.41) is 3.19. The monoisotopic (exact) mass is 451 g/mol. The van der Waals surface area contributed by atoms with Crippen molar-refractivity contribution in [3.05, 3.63) is 89.9 Å². The van der Waals surface area contributed by atoms with E-state index < -0.39 is 27.5 Å². The molecule has 1 aromatic heterocycles. The van der Waals surface area contributed by atoms with Gasteiger partial charge in [0.25, 0.3) is 21.7 Å². The number of aryl methyl sites for hydroxylation is 1. The third-order valence-corrected chi connectivity index (χ3v) is 6.24. The van der Waals surface area contributed by atoms with Gasteiger partial charge in [-0.15, -0.1) is 0 Å². The summed E-state index contributed by atoms with van der Waals surface area (Å²) in [7, 11) is -3.90. The molecule has 3 N–H and O–H groups in total. The lowest BCUT2D eigenvalue weighted by Gasteiger charge is -2.09. The molecule has 1 amide bonds. The molecule has 1 heterocycles. The van der Waals surface area contributed by atoms with Crippen LogP contribution in [0.15, 0.2) is 77.7 Å². The minimum Gasteiger partial charge on any atom is -0.358 e. The Morgan fingerprint density at radius 2 is 1.50 bits per heavy atom. The van der Waals surface area contributed by atoms with E-state index in [0.717, 1.165) is 29.8 Å². The molecule has 0 fully saturated rings. The molecule has 9 heteroatoms. The van der Waals surface area contributed by atoms with Gasteiger partial charge in [-0.2, -0.15) is 0 Å². The number of carbonyl (C=O) groups excluding carboxylic acids is 2. The standard InChI is InChI=1S/C23H18FN3O4S/c1-14-21(19-4-2-3-5-20(19)25-14)22(28)23(29)26-16-8-10-17(11-9-16)27-32(30,31)18-12-6-15(24)7-13-18/h2-13,25,27H,1H3,(H,26,29). The lowest BCUT2D eigenvalue weighted by molar-refractivity contribution is -0.112. The normalized spacial score (nSPS) is 11.3. The average molecular weight is 451 g/mol. The number of ketones is 1. The molecule has 0 bridgehead atoms. The van der Waals surface area contributed by atoms with Crippen LogP contribution < -0.4 is 10.0 Å². The molecule has 3 aromatic carbocycles. The number of carbonyl (C=O) groups is 2. The van der Waals surface area contributed by atoms with Crippen molar-refractivity contribution in [2.75, 3.05) is 10.0 Å². The summed E-state index contributed by atoms with van der Waals surface area (Å²) in [6.45, 7) is 1.72. The van der Waals surface area contributed by atoms with Gasteiger partial charge in [0.15, 0.2) is 0 Å². The van der Waals surface area contributed by atoms with Gasteiger partial charge in [-0.1, -0.05) is 18.2 Å². The zero-order valence-corrected chi connectivity index (χ0v) is 17.7. The summed E-state index contributed by atoms with van der Waals surface area (Å²) in [6.07, 6.45) is 0. The van der Waals surface area contributed by atoms with Crippen LogP contribution >= 0.6 is 0 Å². The first-order valence-electron chi connectivity index (χ1n) is 9.56. The van der Waals surface area contributed by atoms with E-state index in [0.29, 0.717) is 22.3 Å². The van der Waals surface area contributed by atoms with Crippen LogP contribution in [-0.4, -0.2) is 25.1 Å². The van der Waals surface area contributed by atoms with Gasteiger partial charge in [-0.3, -0.25) is 14.3 Å². The second-order valence-corrected chi connectivity index (χ2v) is 8.77. The Bertz CT molecular complexity index is 1430. The maximum atomic E-state index is 13.0. The maximum absolute atomic E-state index is 13.0. The highest BCUT2D eigenvalue weighted by atomic mass is 32.2. The number of hydrogen-bond donors (Lipinski definition) is 3. The highest BCUT2D eigenvalue weighted by Gasteiger charge is 2.23. The number of Topliss-reactive ketones (excluding diaryl/α,β-unsaturated/α-hetero) is 1. The zero-order chi connectivity index (χ0) is 22.9. The van der Waals surface area contributed by atoms with E-state index >= 15 is 0 Å². The van der Waals surface area contributed by atoms with Gasteiger partial charge in [-0.05, 0) is 61.5 Å². The summed E-state index contributed by atoms with van der Waals surface area (Å²) in [5.74, 6) is -2.03. The fourth-order valence-corrected chi connectivity index (χ4v) is 4.38. The summed E-state index contributed by atoms with van der Waals surface area (Å²) in [5.41, 5.74) is 2.23. The number of H-pyrrole nitrogens is 1. The van der Waals surface area contributed by atoms with E-state index in [-0.39, 0.29) is 10.6 Å². The van der Waals surface area contributed by atoms with Gasteiger partial charge in [-0.25, -0.2) is 12.8 Å². The SMILES string of the molecule is Cc1[nH]c2ccccc2c1C(=O)C(=O)Nc1ccc(NS(=O)(=O)c2ccc(F)cc2)cc1. The summed E-state index contributed by atoms with van der Waals surface area (Å²) in [6, 6.07) is 17.5. The molecule has 0 radical (unpaired) electrons. The summed E-state index contributed by atoms with van der Waals surface area (Å²) in [4.78, 5) is 28.2. The molecule has 0 atom stereocenters. The number of aromatic amines is 1. The van der Waals surface area contributed by atoms with Crippen molar-refractivity contribution in [2.45, 2.75) is 11.8 Å². The average Bonchev–Trinajstić information content (AvgIpc) is 3.10. The van der Waals surface area contributed by atoms with E-state index in [4.69, 9.17) is 0 Å². The molecule has 4 aromatic rings. The summed E-state index contributed by atoms with van der Waals surface area (Å²) < 4.78 is 40.2. The highest BCUT2D eigenvalue weighted by Crippen LogP contribution is 2.23. The topological polar surface area (TPSA) is 108 Å². The molecule has 0 spiro atoms. The fraction of sp³-hybridized carbons (Fsp3) is 0.0435. The van der Waals surface area contributed by atoms with Crippen molar-refractivity contribution < 1.29 is 22.4 Å². The second kappa shape index (κ2) is 8.27. The quantitative estimate of drug-likeness (QED) is 0.301. The van der Waals surface area contributed by atoms with Gasteiger partial charge in [0.05, 0.1) is 10.5 Å². The van der Waals surface area contributed by atoms with Gasteiger partial charge in [0, 0.05) is 28.0 Å². The van der Waals surface area contributed by atoms with E-state index in [1.54, 1.807) is 19.1 Å². The Labute approximate surface area is 183 Å². The molecular weight excluding hydrogens is 433 g/mol.